The number of hydrogen-bond donors (Lipinski definition) is 0. The van der Waals surface area contributed by atoms with Crippen molar-refractivity contribution in [2.45, 2.75) is 39.1 Å². The Morgan fingerprint density at radius 3 is 2.59 bits per heavy atom. The van der Waals surface area contributed by atoms with Crippen LogP contribution in [0.5, 0.6) is 0 Å². The molecule has 0 aliphatic carbocycles. The van der Waals surface area contributed by atoms with Gasteiger partial charge in [-0.15, -0.1) is 11.6 Å². The van der Waals surface area contributed by atoms with Crippen LogP contribution >= 0.6 is 11.6 Å². The normalized spacial score (nSPS) is 12.9. The Balaban J connectivity index is 2.91. The molecule has 0 aliphatic heterocycles. The molecule has 0 amide bonds. The van der Waals surface area contributed by atoms with Crippen molar-refractivity contribution >= 4 is 17.4 Å². The Bertz CT molecular complexity index is 368. The second kappa shape index (κ2) is 6.20. The van der Waals surface area contributed by atoms with Crippen LogP contribution in [0.3, 0.4) is 0 Å². The molecule has 1 heterocycles. The summed E-state index contributed by atoms with van der Waals surface area (Å²) in [6.07, 6.45) is 2.31. The third kappa shape index (κ3) is 3.84. The topological polar surface area (TPSA) is 16.1 Å². The lowest BCUT2D eigenvalue weighted by atomic mass is 10.0. The predicted molar refractivity (Wildman–Crippen MR) is 71.1 cm³/mol. The molecule has 1 atom stereocenters. The van der Waals surface area contributed by atoms with Crippen LogP contribution < -0.4 is 4.90 Å². The van der Waals surface area contributed by atoms with E-state index in [0.29, 0.717) is 12.0 Å². The molecule has 0 saturated carbocycles. The predicted octanol–water partition coefficient (Wildman–Crippen LogP) is 3.83. The van der Waals surface area contributed by atoms with Gasteiger partial charge < -0.3 is 4.90 Å². The van der Waals surface area contributed by atoms with E-state index in [1.165, 1.54) is 12.3 Å². The van der Waals surface area contributed by atoms with E-state index in [0.717, 1.165) is 17.8 Å². The van der Waals surface area contributed by atoms with Crippen LogP contribution in [0.15, 0.2) is 12.3 Å². The van der Waals surface area contributed by atoms with Gasteiger partial charge in [-0.3, -0.25) is 0 Å². The van der Waals surface area contributed by atoms with E-state index in [1.807, 2.05) is 7.05 Å². The van der Waals surface area contributed by atoms with Crippen molar-refractivity contribution in [2.75, 3.05) is 11.9 Å². The molecule has 0 saturated heterocycles. The molecule has 17 heavy (non-hydrogen) atoms. The first-order valence-electron chi connectivity index (χ1n) is 5.89. The molecule has 0 aromatic carbocycles. The quantitative estimate of drug-likeness (QED) is 0.747. The number of rotatable bonds is 5. The number of nitrogens with zero attached hydrogens (tertiary/aromatic N) is 2. The molecule has 0 bridgehead atoms. The van der Waals surface area contributed by atoms with Crippen molar-refractivity contribution in [3.8, 4) is 0 Å². The largest absolute Gasteiger partial charge is 0.357 e. The first-order chi connectivity index (χ1) is 7.95. The lowest BCUT2D eigenvalue weighted by Crippen LogP contribution is -2.31. The second-order valence-corrected chi connectivity index (χ2v) is 5.13. The summed E-state index contributed by atoms with van der Waals surface area (Å²) in [7, 11) is 1.98. The highest BCUT2D eigenvalue weighted by Gasteiger charge is 2.16. The molecule has 0 aliphatic rings. The van der Waals surface area contributed by atoms with Gasteiger partial charge in [-0.25, -0.2) is 9.37 Å². The Labute approximate surface area is 108 Å². The van der Waals surface area contributed by atoms with Gasteiger partial charge in [0.25, 0.3) is 0 Å². The van der Waals surface area contributed by atoms with E-state index in [4.69, 9.17) is 11.6 Å². The second-order valence-electron chi connectivity index (χ2n) is 4.86. The fourth-order valence-corrected chi connectivity index (χ4v) is 2.14. The Hall–Kier alpha value is -0.830. The Kier molecular flexibility index (Phi) is 5.19. The minimum Gasteiger partial charge on any atom is -0.357 e. The lowest BCUT2D eigenvalue weighted by molar-refractivity contribution is 0.501. The smallest absolute Gasteiger partial charge is 0.141 e. The van der Waals surface area contributed by atoms with Crippen LogP contribution in [-0.4, -0.2) is 18.1 Å². The minimum atomic E-state index is -0.339. The van der Waals surface area contributed by atoms with Crippen LogP contribution in [0, 0.1) is 11.7 Å². The number of pyridine rings is 1. The van der Waals surface area contributed by atoms with Gasteiger partial charge >= 0.3 is 0 Å². The van der Waals surface area contributed by atoms with Crippen molar-refractivity contribution in [3.63, 3.8) is 0 Å². The zero-order valence-electron chi connectivity index (χ0n) is 10.9. The molecule has 1 aromatic rings. The van der Waals surface area contributed by atoms with Gasteiger partial charge in [0.1, 0.15) is 11.6 Å². The van der Waals surface area contributed by atoms with E-state index in [1.54, 1.807) is 0 Å². The molecule has 1 aromatic heterocycles. The zero-order chi connectivity index (χ0) is 13.0. The summed E-state index contributed by atoms with van der Waals surface area (Å²) in [5.74, 6) is 1.33. The van der Waals surface area contributed by atoms with E-state index in [-0.39, 0.29) is 11.7 Å². The SMILES string of the molecule is CC(C)CC(C)N(C)c1ncc(F)cc1CCl. The summed E-state index contributed by atoms with van der Waals surface area (Å²) < 4.78 is 13.1. The van der Waals surface area contributed by atoms with Crippen LogP contribution in [0.1, 0.15) is 32.8 Å². The van der Waals surface area contributed by atoms with Crippen LogP contribution in [-0.2, 0) is 5.88 Å². The molecular formula is C13H20ClFN2. The van der Waals surface area contributed by atoms with Crippen LogP contribution in [0.2, 0.25) is 0 Å². The highest BCUT2D eigenvalue weighted by Crippen LogP contribution is 2.23. The fourth-order valence-electron chi connectivity index (χ4n) is 1.94. The van der Waals surface area contributed by atoms with Gasteiger partial charge in [-0.2, -0.15) is 0 Å². The highest BCUT2D eigenvalue weighted by molar-refractivity contribution is 6.17. The van der Waals surface area contributed by atoms with Gasteiger partial charge in [0.05, 0.1) is 12.1 Å². The van der Waals surface area contributed by atoms with E-state index < -0.39 is 0 Å². The molecule has 0 spiro atoms. The maximum atomic E-state index is 13.1. The molecule has 4 heteroatoms. The van der Waals surface area contributed by atoms with E-state index in [2.05, 4.69) is 30.7 Å². The molecular weight excluding hydrogens is 239 g/mol. The summed E-state index contributed by atoms with van der Waals surface area (Å²) in [5.41, 5.74) is 0.741. The van der Waals surface area contributed by atoms with Gasteiger partial charge in [0, 0.05) is 18.7 Å². The van der Waals surface area contributed by atoms with Crippen LogP contribution in [0.25, 0.3) is 0 Å². The maximum absolute atomic E-state index is 13.1. The summed E-state index contributed by atoms with van der Waals surface area (Å²) in [4.78, 5) is 6.21. The van der Waals surface area contributed by atoms with Gasteiger partial charge in [-0.05, 0) is 25.3 Å². The third-order valence-corrected chi connectivity index (χ3v) is 3.15. The molecule has 0 fully saturated rings. The molecule has 1 rings (SSSR count). The molecule has 0 radical (unpaired) electrons. The molecule has 0 N–H and O–H groups in total. The third-order valence-electron chi connectivity index (χ3n) is 2.86. The van der Waals surface area contributed by atoms with Gasteiger partial charge in [-0.1, -0.05) is 13.8 Å². The first-order valence-corrected chi connectivity index (χ1v) is 6.42. The number of halogens is 2. The zero-order valence-corrected chi connectivity index (χ0v) is 11.6. The summed E-state index contributed by atoms with van der Waals surface area (Å²) in [6, 6.07) is 1.81. The summed E-state index contributed by atoms with van der Waals surface area (Å²) in [6.45, 7) is 6.51. The van der Waals surface area contributed by atoms with Crippen molar-refractivity contribution in [1.29, 1.82) is 0 Å². The maximum Gasteiger partial charge on any atom is 0.141 e. The minimum absolute atomic E-state index is 0.277. The highest BCUT2D eigenvalue weighted by atomic mass is 35.5. The van der Waals surface area contributed by atoms with Crippen molar-refractivity contribution in [1.82, 2.24) is 4.98 Å². The lowest BCUT2D eigenvalue weighted by Gasteiger charge is -2.28. The average Bonchev–Trinajstić information content (AvgIpc) is 2.27. The number of anilines is 1. The monoisotopic (exact) mass is 258 g/mol. The van der Waals surface area contributed by atoms with E-state index >= 15 is 0 Å². The standard InChI is InChI=1S/C13H20ClFN2/c1-9(2)5-10(3)17(4)13-11(7-14)6-12(15)8-16-13/h6,8-10H,5,7H2,1-4H3. The fraction of sp³-hybridized carbons (Fsp3) is 0.615. The van der Waals surface area contributed by atoms with Crippen molar-refractivity contribution in [2.24, 2.45) is 5.92 Å². The van der Waals surface area contributed by atoms with Crippen molar-refractivity contribution in [3.05, 3.63) is 23.6 Å². The van der Waals surface area contributed by atoms with E-state index in [9.17, 15) is 4.39 Å². The first kappa shape index (κ1) is 14.2. The Morgan fingerprint density at radius 1 is 1.41 bits per heavy atom. The number of alkyl halides is 1. The summed E-state index contributed by atoms with van der Waals surface area (Å²) >= 11 is 5.83. The Morgan fingerprint density at radius 2 is 2.06 bits per heavy atom. The number of hydrogen-bond acceptors (Lipinski definition) is 2. The van der Waals surface area contributed by atoms with Gasteiger partial charge in [0.15, 0.2) is 0 Å². The molecule has 1 unspecified atom stereocenters. The van der Waals surface area contributed by atoms with Crippen molar-refractivity contribution < 1.29 is 4.39 Å². The molecule has 96 valence electrons. The molecule has 2 nitrogen and oxygen atoms in total. The van der Waals surface area contributed by atoms with Crippen LogP contribution in [0.4, 0.5) is 10.2 Å². The summed E-state index contributed by atoms with van der Waals surface area (Å²) in [5, 5.41) is 0. The number of aromatic nitrogens is 1. The van der Waals surface area contributed by atoms with Gasteiger partial charge in [0.2, 0.25) is 0 Å². The average molecular weight is 259 g/mol.